The molecule has 5 nitrogen and oxygen atoms in total. The molecule has 0 unspecified atom stereocenters. The van der Waals surface area contributed by atoms with Crippen molar-refractivity contribution < 1.29 is 9.53 Å². The summed E-state index contributed by atoms with van der Waals surface area (Å²) >= 11 is 0. The summed E-state index contributed by atoms with van der Waals surface area (Å²) in [5.41, 5.74) is 2.22. The number of benzene rings is 1. The van der Waals surface area contributed by atoms with Gasteiger partial charge >= 0.3 is 0 Å². The minimum absolute atomic E-state index is 0.128. The fourth-order valence-electron chi connectivity index (χ4n) is 2.77. The third-order valence-corrected chi connectivity index (χ3v) is 3.94. The van der Waals surface area contributed by atoms with Crippen LogP contribution in [0.1, 0.15) is 37.2 Å². The minimum Gasteiger partial charge on any atom is -0.491 e. The van der Waals surface area contributed by atoms with E-state index >= 15 is 0 Å². The van der Waals surface area contributed by atoms with E-state index in [1.54, 1.807) is 12.3 Å². The van der Waals surface area contributed by atoms with E-state index in [0.717, 1.165) is 30.2 Å². The smallest absolute Gasteiger partial charge is 0.274 e. The molecule has 24 heavy (non-hydrogen) atoms. The van der Waals surface area contributed by atoms with E-state index in [-0.39, 0.29) is 12.0 Å². The quantitative estimate of drug-likeness (QED) is 0.910. The summed E-state index contributed by atoms with van der Waals surface area (Å²) in [6, 6.07) is 11.1. The van der Waals surface area contributed by atoms with Crippen LogP contribution in [0.25, 0.3) is 0 Å². The van der Waals surface area contributed by atoms with E-state index in [9.17, 15) is 4.79 Å². The lowest BCUT2D eigenvalue weighted by Crippen LogP contribution is -2.19. The summed E-state index contributed by atoms with van der Waals surface area (Å²) < 4.78 is 5.59. The van der Waals surface area contributed by atoms with Gasteiger partial charge in [-0.1, -0.05) is 0 Å². The molecule has 126 valence electrons. The maximum Gasteiger partial charge on any atom is 0.274 e. The highest BCUT2D eigenvalue weighted by atomic mass is 16.5. The number of hydrogen-bond acceptors (Lipinski definition) is 4. The number of nitrogens with one attached hydrogen (secondary N) is 1. The first kappa shape index (κ1) is 16.3. The molecule has 3 rings (SSSR count). The first-order chi connectivity index (χ1) is 11.6. The lowest BCUT2D eigenvalue weighted by molar-refractivity contribution is 0.102. The van der Waals surface area contributed by atoms with Gasteiger partial charge in [0.2, 0.25) is 0 Å². The summed E-state index contributed by atoms with van der Waals surface area (Å²) in [7, 11) is 0. The summed E-state index contributed by atoms with van der Waals surface area (Å²) in [5, 5.41) is 2.86. The third-order valence-electron chi connectivity index (χ3n) is 3.94. The van der Waals surface area contributed by atoms with Gasteiger partial charge in [0.15, 0.2) is 0 Å². The van der Waals surface area contributed by atoms with Crippen LogP contribution in [0, 0.1) is 0 Å². The molecule has 1 fully saturated rings. The number of hydrogen-bond donors (Lipinski definition) is 1. The standard InChI is InChI=1S/C19H23N3O2/c1-14(2)24-17-8-5-15(6-9-17)21-19(23)18-10-7-16(13-20-18)22-11-3-4-12-22/h5-10,13-14H,3-4,11-12H2,1-2H3,(H,21,23). The van der Waals surface area contributed by atoms with Gasteiger partial charge in [0, 0.05) is 18.8 Å². The van der Waals surface area contributed by atoms with Gasteiger partial charge in [-0.05, 0) is 63.1 Å². The van der Waals surface area contributed by atoms with Crippen molar-refractivity contribution in [3.05, 3.63) is 48.3 Å². The van der Waals surface area contributed by atoms with Crippen LogP contribution >= 0.6 is 0 Å². The van der Waals surface area contributed by atoms with Crippen LogP contribution in [-0.4, -0.2) is 30.1 Å². The maximum absolute atomic E-state index is 12.3. The average Bonchev–Trinajstić information content (AvgIpc) is 3.11. The van der Waals surface area contributed by atoms with Crippen LogP contribution in [0.4, 0.5) is 11.4 Å². The Kier molecular flexibility index (Phi) is 4.99. The van der Waals surface area contributed by atoms with E-state index in [2.05, 4.69) is 15.2 Å². The fraction of sp³-hybridized carbons (Fsp3) is 0.368. The molecule has 1 N–H and O–H groups in total. The number of pyridine rings is 1. The zero-order chi connectivity index (χ0) is 16.9. The van der Waals surface area contributed by atoms with Crippen molar-refractivity contribution in [3.63, 3.8) is 0 Å². The molecular weight excluding hydrogens is 302 g/mol. The molecule has 0 atom stereocenters. The Bertz CT molecular complexity index is 675. The van der Waals surface area contributed by atoms with Crippen molar-refractivity contribution in [2.24, 2.45) is 0 Å². The van der Waals surface area contributed by atoms with E-state index in [4.69, 9.17) is 4.74 Å². The number of carbonyl (C=O) groups is 1. The average molecular weight is 325 g/mol. The summed E-state index contributed by atoms with van der Waals surface area (Å²) in [5.74, 6) is 0.580. The number of nitrogens with zero attached hydrogens (tertiary/aromatic N) is 2. The van der Waals surface area contributed by atoms with Crippen LogP contribution in [0.3, 0.4) is 0 Å². The molecule has 0 saturated carbocycles. The van der Waals surface area contributed by atoms with Gasteiger partial charge in [0.1, 0.15) is 11.4 Å². The molecule has 1 aliphatic heterocycles. The van der Waals surface area contributed by atoms with Gasteiger partial charge in [-0.15, -0.1) is 0 Å². The molecule has 0 aliphatic carbocycles. The largest absolute Gasteiger partial charge is 0.491 e. The molecule has 1 aliphatic rings. The van der Waals surface area contributed by atoms with Gasteiger partial charge in [-0.3, -0.25) is 4.79 Å². The predicted molar refractivity (Wildman–Crippen MR) is 95.8 cm³/mol. The van der Waals surface area contributed by atoms with Gasteiger partial charge < -0.3 is 15.0 Å². The van der Waals surface area contributed by atoms with Gasteiger partial charge in [0.25, 0.3) is 5.91 Å². The molecule has 5 heteroatoms. The highest BCUT2D eigenvalue weighted by molar-refractivity contribution is 6.02. The molecule has 1 aromatic carbocycles. The first-order valence-electron chi connectivity index (χ1n) is 8.41. The second kappa shape index (κ2) is 7.34. The summed E-state index contributed by atoms with van der Waals surface area (Å²) in [6.07, 6.45) is 4.35. The van der Waals surface area contributed by atoms with Crippen molar-refractivity contribution >= 4 is 17.3 Å². The van der Waals surface area contributed by atoms with Gasteiger partial charge in [-0.2, -0.15) is 0 Å². The number of aromatic nitrogens is 1. The number of anilines is 2. The van der Waals surface area contributed by atoms with E-state index in [1.165, 1.54) is 12.8 Å². The van der Waals surface area contributed by atoms with E-state index in [1.807, 2.05) is 44.2 Å². The Morgan fingerprint density at radius 2 is 1.83 bits per heavy atom. The highest BCUT2D eigenvalue weighted by Gasteiger charge is 2.14. The Morgan fingerprint density at radius 3 is 2.42 bits per heavy atom. The lowest BCUT2D eigenvalue weighted by Gasteiger charge is -2.17. The Labute approximate surface area is 142 Å². The Morgan fingerprint density at radius 1 is 1.12 bits per heavy atom. The minimum atomic E-state index is -0.208. The molecule has 0 spiro atoms. The third kappa shape index (κ3) is 4.04. The van der Waals surface area contributed by atoms with Crippen LogP contribution in [0.5, 0.6) is 5.75 Å². The summed E-state index contributed by atoms with van der Waals surface area (Å²) in [4.78, 5) is 18.9. The fourth-order valence-corrected chi connectivity index (χ4v) is 2.77. The maximum atomic E-state index is 12.3. The highest BCUT2D eigenvalue weighted by Crippen LogP contribution is 2.20. The molecule has 2 heterocycles. The monoisotopic (exact) mass is 325 g/mol. The van der Waals surface area contributed by atoms with E-state index in [0.29, 0.717) is 5.69 Å². The second-order valence-electron chi connectivity index (χ2n) is 6.24. The van der Waals surface area contributed by atoms with Gasteiger partial charge in [0.05, 0.1) is 18.0 Å². The van der Waals surface area contributed by atoms with Crippen molar-refractivity contribution in [2.75, 3.05) is 23.3 Å². The normalized spacial score (nSPS) is 14.0. The molecule has 0 radical (unpaired) electrons. The molecular formula is C19H23N3O2. The molecule has 2 aromatic rings. The second-order valence-corrected chi connectivity index (χ2v) is 6.24. The molecule has 1 saturated heterocycles. The van der Waals surface area contributed by atoms with Crippen LogP contribution in [0.15, 0.2) is 42.6 Å². The molecule has 1 aromatic heterocycles. The molecule has 0 bridgehead atoms. The predicted octanol–water partition coefficient (Wildman–Crippen LogP) is 3.72. The number of amides is 1. The van der Waals surface area contributed by atoms with Crippen LogP contribution in [0.2, 0.25) is 0 Å². The topological polar surface area (TPSA) is 54.5 Å². The lowest BCUT2D eigenvalue weighted by atomic mass is 10.2. The Hall–Kier alpha value is -2.56. The zero-order valence-electron chi connectivity index (χ0n) is 14.2. The van der Waals surface area contributed by atoms with Crippen LogP contribution in [-0.2, 0) is 0 Å². The number of carbonyl (C=O) groups excluding carboxylic acids is 1. The van der Waals surface area contributed by atoms with Crippen LogP contribution < -0.4 is 15.0 Å². The number of rotatable bonds is 5. The van der Waals surface area contributed by atoms with Crippen molar-refractivity contribution in [3.8, 4) is 5.75 Å². The van der Waals surface area contributed by atoms with Gasteiger partial charge in [-0.25, -0.2) is 4.98 Å². The van der Waals surface area contributed by atoms with E-state index < -0.39 is 0 Å². The Balaban J connectivity index is 1.61. The van der Waals surface area contributed by atoms with Crippen molar-refractivity contribution in [1.29, 1.82) is 0 Å². The summed E-state index contributed by atoms with van der Waals surface area (Å²) in [6.45, 7) is 6.09. The zero-order valence-corrected chi connectivity index (χ0v) is 14.2. The molecule has 1 amide bonds. The first-order valence-corrected chi connectivity index (χ1v) is 8.41. The SMILES string of the molecule is CC(C)Oc1ccc(NC(=O)c2ccc(N3CCCC3)cn2)cc1. The van der Waals surface area contributed by atoms with Crippen molar-refractivity contribution in [1.82, 2.24) is 4.98 Å². The van der Waals surface area contributed by atoms with Crippen molar-refractivity contribution in [2.45, 2.75) is 32.8 Å². The number of ether oxygens (including phenoxy) is 1.